The van der Waals surface area contributed by atoms with Crippen LogP contribution in [0.2, 0.25) is 10.0 Å². The SMILES string of the molecule is O=S(=O)(O)c1cc(C(F)(F)F)c(Cl)c(Cl)c1C(Cl)(Cl)Br. The Bertz CT molecular complexity index is 654. The first-order chi connectivity index (χ1) is 8.67. The highest BCUT2D eigenvalue weighted by atomic mass is 79.9. The van der Waals surface area contributed by atoms with Crippen LogP contribution in [0, 0.1) is 0 Å². The molecule has 1 N–H and O–H groups in total. The van der Waals surface area contributed by atoms with Gasteiger partial charge in [0.05, 0.1) is 15.6 Å². The monoisotopic (exact) mass is 454 g/mol. The van der Waals surface area contributed by atoms with Crippen molar-refractivity contribution in [2.75, 3.05) is 0 Å². The van der Waals surface area contributed by atoms with Gasteiger partial charge in [0, 0.05) is 5.56 Å². The lowest BCUT2D eigenvalue weighted by atomic mass is 10.1. The molecule has 0 aromatic heterocycles. The largest absolute Gasteiger partial charge is 0.417 e. The Morgan fingerprint density at radius 3 is 1.90 bits per heavy atom. The molecule has 1 aromatic rings. The van der Waals surface area contributed by atoms with Gasteiger partial charge in [-0.25, -0.2) is 0 Å². The van der Waals surface area contributed by atoms with Gasteiger partial charge in [0.25, 0.3) is 10.1 Å². The van der Waals surface area contributed by atoms with E-state index in [0.29, 0.717) is 0 Å². The minimum atomic E-state index is -5.08. The highest BCUT2D eigenvalue weighted by molar-refractivity contribution is 9.10. The smallest absolute Gasteiger partial charge is 0.282 e. The second kappa shape index (κ2) is 5.64. The summed E-state index contributed by atoms with van der Waals surface area (Å²) in [6.07, 6.45) is -4.99. The molecule has 0 fully saturated rings. The quantitative estimate of drug-likeness (QED) is 0.489. The van der Waals surface area contributed by atoms with E-state index < -0.39 is 45.6 Å². The van der Waals surface area contributed by atoms with Gasteiger partial charge in [-0.05, 0) is 22.0 Å². The third kappa shape index (κ3) is 3.85. The van der Waals surface area contributed by atoms with Gasteiger partial charge < -0.3 is 0 Å². The predicted molar refractivity (Wildman–Crippen MR) is 73.6 cm³/mol. The van der Waals surface area contributed by atoms with Gasteiger partial charge >= 0.3 is 6.18 Å². The van der Waals surface area contributed by atoms with Crippen molar-refractivity contribution in [3.63, 3.8) is 0 Å². The average Bonchev–Trinajstić information content (AvgIpc) is 2.15. The molecular weight excluding hydrogens is 455 g/mol. The van der Waals surface area contributed by atoms with Crippen LogP contribution in [0.15, 0.2) is 11.0 Å². The van der Waals surface area contributed by atoms with Crippen molar-refractivity contribution in [3.05, 3.63) is 27.2 Å². The van der Waals surface area contributed by atoms with E-state index in [-0.39, 0.29) is 6.07 Å². The van der Waals surface area contributed by atoms with E-state index in [1.54, 1.807) is 0 Å². The van der Waals surface area contributed by atoms with Crippen LogP contribution in [0.1, 0.15) is 11.1 Å². The van der Waals surface area contributed by atoms with Crippen molar-refractivity contribution in [1.29, 1.82) is 0 Å². The van der Waals surface area contributed by atoms with Crippen molar-refractivity contribution >= 4 is 72.5 Å². The highest BCUT2D eigenvalue weighted by Gasteiger charge is 2.41. The van der Waals surface area contributed by atoms with E-state index in [4.69, 9.17) is 51.0 Å². The van der Waals surface area contributed by atoms with Gasteiger partial charge in [-0.15, -0.1) is 0 Å². The first kappa shape index (κ1) is 18.6. The maximum Gasteiger partial charge on any atom is 0.417 e. The lowest BCUT2D eigenvalue weighted by Crippen LogP contribution is -2.15. The molecule has 0 aliphatic rings. The number of rotatable bonds is 2. The van der Waals surface area contributed by atoms with Crippen molar-refractivity contribution in [2.24, 2.45) is 0 Å². The minimum Gasteiger partial charge on any atom is -0.282 e. The second-order valence-corrected chi connectivity index (χ2v) is 8.97. The Hall–Kier alpha value is 0.560. The van der Waals surface area contributed by atoms with Crippen LogP contribution in [0.4, 0.5) is 13.2 Å². The highest BCUT2D eigenvalue weighted by Crippen LogP contribution is 2.51. The maximum atomic E-state index is 12.7. The van der Waals surface area contributed by atoms with E-state index in [1.165, 1.54) is 0 Å². The molecule has 1 rings (SSSR count). The van der Waals surface area contributed by atoms with Crippen molar-refractivity contribution in [3.8, 4) is 0 Å². The fourth-order valence-corrected chi connectivity index (χ4v) is 3.97. The van der Waals surface area contributed by atoms with Gasteiger partial charge in [-0.2, -0.15) is 21.6 Å². The zero-order valence-electron chi connectivity index (χ0n) is 8.77. The fraction of sp³-hybridized carbons (Fsp3) is 0.250. The molecule has 0 amide bonds. The lowest BCUT2D eigenvalue weighted by Gasteiger charge is -2.20. The molecule has 0 saturated carbocycles. The molecule has 1 aromatic carbocycles. The molecule has 0 saturated heterocycles. The Labute approximate surface area is 139 Å². The molecule has 0 spiro atoms. The first-order valence-corrected chi connectivity index (χ1v) is 8.05. The number of hydrogen-bond donors (Lipinski definition) is 1. The van der Waals surface area contributed by atoms with E-state index in [1.807, 2.05) is 0 Å². The summed E-state index contributed by atoms with van der Waals surface area (Å²) < 4.78 is 67.4. The summed E-state index contributed by atoms with van der Waals surface area (Å²) in [5, 5.41) is -1.84. The maximum absolute atomic E-state index is 12.7. The van der Waals surface area contributed by atoms with E-state index in [9.17, 15) is 21.6 Å². The van der Waals surface area contributed by atoms with Crippen LogP contribution in [0.25, 0.3) is 0 Å². The molecule has 0 heterocycles. The zero-order valence-corrected chi connectivity index (χ0v) is 14.2. The van der Waals surface area contributed by atoms with Crippen molar-refractivity contribution in [1.82, 2.24) is 0 Å². The lowest BCUT2D eigenvalue weighted by molar-refractivity contribution is -0.137. The van der Waals surface area contributed by atoms with E-state index >= 15 is 0 Å². The zero-order chi connectivity index (χ0) is 16.1. The van der Waals surface area contributed by atoms with Gasteiger partial charge in [0.1, 0.15) is 4.90 Å². The van der Waals surface area contributed by atoms with Crippen LogP contribution in [0.5, 0.6) is 0 Å². The molecule has 3 nitrogen and oxygen atoms in total. The molecule has 114 valence electrons. The summed E-state index contributed by atoms with van der Waals surface area (Å²) in [6.45, 7) is 0. The van der Waals surface area contributed by atoms with Gasteiger partial charge in [0.2, 0.25) is 0 Å². The van der Waals surface area contributed by atoms with Crippen LogP contribution in [0.3, 0.4) is 0 Å². The summed E-state index contributed by atoms with van der Waals surface area (Å²) in [4.78, 5) is -1.21. The van der Waals surface area contributed by atoms with Crippen molar-refractivity contribution < 1.29 is 26.1 Å². The standard InChI is InChI=1S/C8H2BrCl4F3O3S/c9-7(12,13)4-3(20(17,18)19)1-2(8(14,15)16)5(10)6(4)11/h1H,(H,17,18,19). The average molecular weight is 457 g/mol. The normalized spacial score (nSPS) is 13.7. The van der Waals surface area contributed by atoms with Crippen LogP contribution in [-0.4, -0.2) is 13.0 Å². The van der Waals surface area contributed by atoms with Crippen LogP contribution in [-0.2, 0) is 19.5 Å². The van der Waals surface area contributed by atoms with Crippen LogP contribution >= 0.6 is 62.3 Å². The van der Waals surface area contributed by atoms with Gasteiger partial charge in [-0.1, -0.05) is 46.4 Å². The Morgan fingerprint density at radius 2 is 1.60 bits per heavy atom. The molecule has 0 aliphatic carbocycles. The molecule has 0 unspecified atom stereocenters. The third-order valence-electron chi connectivity index (χ3n) is 2.04. The Kier molecular flexibility index (Phi) is 5.25. The minimum absolute atomic E-state index is 0.0969. The fourth-order valence-electron chi connectivity index (χ4n) is 1.28. The summed E-state index contributed by atoms with van der Waals surface area (Å²) in [5.41, 5.74) is -2.27. The van der Waals surface area contributed by atoms with E-state index in [0.717, 1.165) is 0 Å². The third-order valence-corrected chi connectivity index (χ3v) is 4.56. The summed E-state index contributed by atoms with van der Waals surface area (Å²) in [7, 11) is -5.08. The molecular formula is C8H2BrCl4F3O3S. The number of alkyl halides is 6. The number of hydrogen-bond acceptors (Lipinski definition) is 2. The van der Waals surface area contributed by atoms with Crippen molar-refractivity contribution in [2.45, 2.75) is 14.3 Å². The summed E-state index contributed by atoms with van der Waals surface area (Å²) in [5.74, 6) is 0. The number of benzene rings is 1. The predicted octanol–water partition coefficient (Wildman–Crippen LogP) is 5.24. The summed E-state index contributed by atoms with van der Waals surface area (Å²) in [6, 6.07) is 0.0969. The second-order valence-electron chi connectivity index (χ2n) is 3.40. The molecule has 0 radical (unpaired) electrons. The van der Waals surface area contributed by atoms with Crippen LogP contribution < -0.4 is 0 Å². The first-order valence-electron chi connectivity index (χ1n) is 4.31. The topological polar surface area (TPSA) is 54.4 Å². The van der Waals surface area contributed by atoms with Gasteiger partial charge in [0.15, 0.2) is 3.24 Å². The van der Waals surface area contributed by atoms with E-state index in [2.05, 4.69) is 15.9 Å². The summed E-state index contributed by atoms with van der Waals surface area (Å²) >= 11 is 24.9. The molecule has 20 heavy (non-hydrogen) atoms. The molecule has 0 atom stereocenters. The molecule has 12 heteroatoms. The molecule has 0 bridgehead atoms. The molecule has 0 aliphatic heterocycles. The van der Waals surface area contributed by atoms with Gasteiger partial charge in [-0.3, -0.25) is 4.55 Å². The Balaban J connectivity index is 3.95. The number of halogens is 8. The Morgan fingerprint density at radius 1 is 1.15 bits per heavy atom.